The highest BCUT2D eigenvalue weighted by atomic mass is 16.3. The molecule has 0 aliphatic rings. The van der Waals surface area contributed by atoms with Gasteiger partial charge in [0.05, 0.1) is 11.7 Å². The number of rotatable bonds is 6. The number of phenols is 1. The second kappa shape index (κ2) is 8.05. The molecular weight excluding hydrogens is 340 g/mol. The first-order valence-electron chi connectivity index (χ1n) is 8.81. The minimum Gasteiger partial charge on any atom is -0.507 e. The van der Waals surface area contributed by atoms with Crippen molar-refractivity contribution in [2.24, 2.45) is 0 Å². The molecule has 6 nitrogen and oxygen atoms in total. The third-order valence-corrected chi connectivity index (χ3v) is 4.63. The molecule has 0 aliphatic carbocycles. The van der Waals surface area contributed by atoms with E-state index in [0.29, 0.717) is 23.5 Å². The van der Waals surface area contributed by atoms with Crippen LogP contribution in [0.1, 0.15) is 27.7 Å². The summed E-state index contributed by atoms with van der Waals surface area (Å²) in [5.41, 5.74) is 3.84. The molecule has 0 fully saturated rings. The minimum absolute atomic E-state index is 0.0655. The lowest BCUT2D eigenvalue weighted by atomic mass is 10.0. The Hall–Kier alpha value is -3.12. The number of aromatic amines is 1. The summed E-state index contributed by atoms with van der Waals surface area (Å²) in [6, 6.07) is 16.8. The van der Waals surface area contributed by atoms with E-state index in [2.05, 4.69) is 39.5 Å². The number of phenolic OH excluding ortho intramolecular Hbond substituents is 1. The van der Waals surface area contributed by atoms with Crippen LogP contribution in [0.5, 0.6) is 5.75 Å². The van der Waals surface area contributed by atoms with Crippen molar-refractivity contribution < 1.29 is 9.90 Å². The van der Waals surface area contributed by atoms with Crippen LogP contribution >= 0.6 is 0 Å². The largest absolute Gasteiger partial charge is 0.507 e. The van der Waals surface area contributed by atoms with Gasteiger partial charge in [-0.05, 0) is 50.3 Å². The van der Waals surface area contributed by atoms with E-state index in [9.17, 15) is 9.90 Å². The Kier molecular flexibility index (Phi) is 5.57. The van der Waals surface area contributed by atoms with Crippen molar-refractivity contribution in [3.63, 3.8) is 0 Å². The Morgan fingerprint density at radius 3 is 2.59 bits per heavy atom. The highest BCUT2D eigenvalue weighted by molar-refractivity contribution is 5.93. The van der Waals surface area contributed by atoms with Crippen LogP contribution in [-0.2, 0) is 0 Å². The summed E-state index contributed by atoms with van der Waals surface area (Å²) in [7, 11) is 3.99. The van der Waals surface area contributed by atoms with Gasteiger partial charge in [-0.1, -0.05) is 36.4 Å². The fourth-order valence-electron chi connectivity index (χ4n) is 3.08. The summed E-state index contributed by atoms with van der Waals surface area (Å²) in [5.74, 6) is -0.104. The molecule has 3 rings (SSSR count). The van der Waals surface area contributed by atoms with Gasteiger partial charge in [0.2, 0.25) is 0 Å². The standard InChI is InChI=1S/C21H24N4O2/c1-14-8-4-5-9-15(14)19(25(2)3)13-22-21(27)18-12-17(23-24-18)16-10-6-7-11-20(16)26/h4-12,19,26H,13H2,1-3H3,(H,22,27)(H,23,24)/t19-/m0/s1. The highest BCUT2D eigenvalue weighted by Gasteiger charge is 2.19. The number of likely N-dealkylation sites (N-methyl/N-ethyl adjacent to an activating group) is 1. The first-order valence-corrected chi connectivity index (χ1v) is 8.81. The number of H-pyrrole nitrogens is 1. The second-order valence-corrected chi connectivity index (χ2v) is 6.73. The molecule has 3 aromatic rings. The fourth-order valence-corrected chi connectivity index (χ4v) is 3.08. The zero-order valence-corrected chi connectivity index (χ0v) is 15.7. The number of nitrogens with zero attached hydrogens (tertiary/aromatic N) is 2. The lowest BCUT2D eigenvalue weighted by Crippen LogP contribution is -2.35. The number of para-hydroxylation sites is 1. The van der Waals surface area contributed by atoms with Gasteiger partial charge >= 0.3 is 0 Å². The Labute approximate surface area is 158 Å². The zero-order chi connectivity index (χ0) is 19.4. The summed E-state index contributed by atoms with van der Waals surface area (Å²) in [5, 5.41) is 19.8. The molecule has 0 saturated carbocycles. The van der Waals surface area contributed by atoms with Crippen molar-refractivity contribution in [1.29, 1.82) is 0 Å². The normalized spacial score (nSPS) is 12.1. The molecule has 0 aliphatic heterocycles. The minimum atomic E-state index is -0.232. The fraction of sp³-hybridized carbons (Fsp3) is 0.238. The number of benzene rings is 2. The van der Waals surface area contributed by atoms with E-state index in [1.807, 2.05) is 32.3 Å². The van der Waals surface area contributed by atoms with E-state index in [4.69, 9.17) is 0 Å². The van der Waals surface area contributed by atoms with E-state index in [1.165, 1.54) is 11.1 Å². The molecule has 1 amide bonds. The Morgan fingerprint density at radius 2 is 1.89 bits per heavy atom. The maximum absolute atomic E-state index is 12.6. The molecule has 6 heteroatoms. The zero-order valence-electron chi connectivity index (χ0n) is 15.7. The number of hydrogen-bond donors (Lipinski definition) is 3. The van der Waals surface area contributed by atoms with E-state index >= 15 is 0 Å². The lowest BCUT2D eigenvalue weighted by molar-refractivity contribution is 0.0936. The summed E-state index contributed by atoms with van der Waals surface area (Å²) in [6.07, 6.45) is 0. The van der Waals surface area contributed by atoms with E-state index < -0.39 is 0 Å². The van der Waals surface area contributed by atoms with Crippen LogP contribution in [0.4, 0.5) is 0 Å². The van der Waals surface area contributed by atoms with Gasteiger partial charge in [0, 0.05) is 12.1 Å². The van der Waals surface area contributed by atoms with Crippen LogP contribution < -0.4 is 5.32 Å². The van der Waals surface area contributed by atoms with Crippen molar-refractivity contribution in [2.45, 2.75) is 13.0 Å². The maximum atomic E-state index is 12.6. The number of nitrogens with one attached hydrogen (secondary N) is 2. The predicted molar refractivity (Wildman–Crippen MR) is 106 cm³/mol. The van der Waals surface area contributed by atoms with E-state index in [1.54, 1.807) is 24.3 Å². The summed E-state index contributed by atoms with van der Waals surface area (Å²) >= 11 is 0. The van der Waals surface area contributed by atoms with Gasteiger partial charge in [-0.2, -0.15) is 5.10 Å². The molecule has 2 aromatic carbocycles. The maximum Gasteiger partial charge on any atom is 0.269 e. The molecule has 0 saturated heterocycles. The van der Waals surface area contributed by atoms with Gasteiger partial charge in [-0.25, -0.2) is 0 Å². The van der Waals surface area contributed by atoms with Crippen molar-refractivity contribution in [3.05, 3.63) is 71.4 Å². The topological polar surface area (TPSA) is 81.2 Å². The number of amides is 1. The summed E-state index contributed by atoms with van der Waals surface area (Å²) in [6.45, 7) is 2.54. The van der Waals surface area contributed by atoms with Crippen LogP contribution in [0.25, 0.3) is 11.3 Å². The van der Waals surface area contributed by atoms with Crippen molar-refractivity contribution >= 4 is 5.91 Å². The molecule has 0 spiro atoms. The third kappa shape index (κ3) is 4.17. The molecule has 1 aromatic heterocycles. The molecule has 0 unspecified atom stereocenters. The molecule has 1 heterocycles. The smallest absolute Gasteiger partial charge is 0.269 e. The van der Waals surface area contributed by atoms with Gasteiger partial charge in [0.25, 0.3) is 5.91 Å². The Bertz CT molecular complexity index is 933. The molecule has 0 radical (unpaired) electrons. The predicted octanol–water partition coefficient (Wildman–Crippen LogP) is 3.12. The van der Waals surface area contributed by atoms with Crippen molar-refractivity contribution in [1.82, 2.24) is 20.4 Å². The Balaban J connectivity index is 1.72. The molecule has 0 bridgehead atoms. The molecule has 3 N–H and O–H groups in total. The van der Waals surface area contributed by atoms with Crippen LogP contribution in [0.15, 0.2) is 54.6 Å². The number of aryl methyl sites for hydroxylation is 1. The van der Waals surface area contributed by atoms with Gasteiger partial charge in [0.1, 0.15) is 11.4 Å². The summed E-state index contributed by atoms with van der Waals surface area (Å²) in [4.78, 5) is 14.6. The van der Waals surface area contributed by atoms with Crippen molar-refractivity contribution in [3.8, 4) is 17.0 Å². The number of aromatic nitrogens is 2. The van der Waals surface area contributed by atoms with Gasteiger partial charge < -0.3 is 15.3 Å². The van der Waals surface area contributed by atoms with Crippen LogP contribution in [0.3, 0.4) is 0 Å². The van der Waals surface area contributed by atoms with E-state index in [-0.39, 0.29) is 17.7 Å². The average Bonchev–Trinajstić information content (AvgIpc) is 3.13. The van der Waals surface area contributed by atoms with Crippen LogP contribution in [-0.4, -0.2) is 46.8 Å². The van der Waals surface area contributed by atoms with Crippen LogP contribution in [0, 0.1) is 6.92 Å². The van der Waals surface area contributed by atoms with Gasteiger partial charge in [0.15, 0.2) is 0 Å². The monoisotopic (exact) mass is 364 g/mol. The van der Waals surface area contributed by atoms with Gasteiger partial charge in [-0.3, -0.25) is 9.89 Å². The lowest BCUT2D eigenvalue weighted by Gasteiger charge is -2.26. The average molecular weight is 364 g/mol. The quantitative estimate of drug-likeness (QED) is 0.628. The second-order valence-electron chi connectivity index (χ2n) is 6.73. The molecule has 27 heavy (non-hydrogen) atoms. The number of hydrogen-bond acceptors (Lipinski definition) is 4. The first-order chi connectivity index (χ1) is 13.0. The summed E-state index contributed by atoms with van der Waals surface area (Å²) < 4.78 is 0. The number of aromatic hydroxyl groups is 1. The van der Waals surface area contributed by atoms with Crippen LogP contribution in [0.2, 0.25) is 0 Å². The first kappa shape index (κ1) is 18.7. The van der Waals surface area contributed by atoms with Gasteiger partial charge in [-0.15, -0.1) is 0 Å². The molecule has 140 valence electrons. The highest BCUT2D eigenvalue weighted by Crippen LogP contribution is 2.27. The molecular formula is C21H24N4O2. The third-order valence-electron chi connectivity index (χ3n) is 4.63. The Morgan fingerprint density at radius 1 is 1.19 bits per heavy atom. The van der Waals surface area contributed by atoms with Crippen molar-refractivity contribution in [2.75, 3.05) is 20.6 Å². The molecule has 1 atom stereocenters. The van der Waals surface area contributed by atoms with E-state index in [0.717, 1.165) is 0 Å². The SMILES string of the molecule is Cc1ccccc1[C@H](CNC(=O)c1cc(-c2ccccc2O)n[nH]1)N(C)C. The number of carbonyl (C=O) groups is 1. The number of carbonyl (C=O) groups excluding carboxylic acids is 1.